The molecule has 0 aliphatic carbocycles. The van der Waals surface area contributed by atoms with Gasteiger partial charge in [-0.1, -0.05) is 5.16 Å². The number of fused-ring (bicyclic) bond motifs is 1. The SMILES string of the molecule is Cc1cc(NC(=O)c2nc(C(=O)N3CCCCC3)c3n2CCCC3)no1. The van der Waals surface area contributed by atoms with Crippen molar-refractivity contribution in [3.8, 4) is 0 Å². The summed E-state index contributed by atoms with van der Waals surface area (Å²) in [5.74, 6) is 0.836. The third kappa shape index (κ3) is 3.11. The molecule has 26 heavy (non-hydrogen) atoms. The van der Waals surface area contributed by atoms with Crippen molar-refractivity contribution in [3.63, 3.8) is 0 Å². The number of aromatic nitrogens is 3. The van der Waals surface area contributed by atoms with Crippen molar-refractivity contribution >= 4 is 17.6 Å². The number of imidazole rings is 1. The quantitative estimate of drug-likeness (QED) is 0.910. The molecule has 0 bridgehead atoms. The lowest BCUT2D eigenvalue weighted by molar-refractivity contribution is 0.0717. The third-order valence-electron chi connectivity index (χ3n) is 5.04. The van der Waals surface area contributed by atoms with Gasteiger partial charge in [0.15, 0.2) is 11.6 Å². The number of hydrogen-bond acceptors (Lipinski definition) is 5. The highest BCUT2D eigenvalue weighted by Crippen LogP contribution is 2.24. The predicted molar refractivity (Wildman–Crippen MR) is 94.1 cm³/mol. The van der Waals surface area contributed by atoms with E-state index in [2.05, 4.69) is 15.5 Å². The molecule has 0 saturated carbocycles. The Labute approximate surface area is 151 Å². The number of nitrogens with zero attached hydrogens (tertiary/aromatic N) is 4. The molecule has 0 aromatic carbocycles. The molecule has 1 fully saturated rings. The smallest absolute Gasteiger partial charge is 0.292 e. The normalized spacial score (nSPS) is 17.0. The summed E-state index contributed by atoms with van der Waals surface area (Å²) < 4.78 is 6.88. The molecule has 2 amide bonds. The van der Waals surface area contributed by atoms with E-state index < -0.39 is 0 Å². The van der Waals surface area contributed by atoms with Gasteiger partial charge in [-0.3, -0.25) is 9.59 Å². The van der Waals surface area contributed by atoms with Gasteiger partial charge in [-0.05, 0) is 45.4 Å². The summed E-state index contributed by atoms with van der Waals surface area (Å²) in [7, 11) is 0. The van der Waals surface area contributed by atoms with Crippen LogP contribution in [0.1, 0.15) is 64.7 Å². The summed E-state index contributed by atoms with van der Waals surface area (Å²) in [4.78, 5) is 32.0. The number of amides is 2. The molecule has 2 aromatic heterocycles. The highest BCUT2D eigenvalue weighted by atomic mass is 16.5. The number of likely N-dealkylation sites (tertiary alicyclic amines) is 1. The Balaban J connectivity index is 1.63. The lowest BCUT2D eigenvalue weighted by atomic mass is 10.1. The van der Waals surface area contributed by atoms with Crippen LogP contribution in [0, 0.1) is 6.92 Å². The largest absolute Gasteiger partial charge is 0.360 e. The number of anilines is 1. The van der Waals surface area contributed by atoms with Crippen LogP contribution in [0.25, 0.3) is 0 Å². The maximum Gasteiger partial charge on any atom is 0.292 e. The second-order valence-corrected chi connectivity index (χ2v) is 6.97. The van der Waals surface area contributed by atoms with Crippen LogP contribution in [0.4, 0.5) is 5.82 Å². The standard InChI is InChI=1S/C18H23N5O3/c1-12-11-14(21-26-12)19-17(24)16-20-15(13-7-3-6-10-23(13)16)18(25)22-8-4-2-5-9-22/h11H,2-10H2,1H3,(H,19,21,24). The molecule has 4 rings (SSSR count). The van der Waals surface area contributed by atoms with E-state index in [0.717, 1.165) is 57.3 Å². The van der Waals surface area contributed by atoms with Gasteiger partial charge >= 0.3 is 0 Å². The Morgan fingerprint density at radius 1 is 1.12 bits per heavy atom. The average Bonchev–Trinajstić information content (AvgIpc) is 3.25. The van der Waals surface area contributed by atoms with Crippen LogP contribution in [-0.2, 0) is 13.0 Å². The van der Waals surface area contributed by atoms with Crippen molar-refractivity contribution in [3.05, 3.63) is 29.0 Å². The van der Waals surface area contributed by atoms with Crippen molar-refractivity contribution in [2.75, 3.05) is 18.4 Å². The lowest BCUT2D eigenvalue weighted by Gasteiger charge is -2.26. The van der Waals surface area contributed by atoms with Gasteiger partial charge in [0, 0.05) is 25.7 Å². The molecule has 2 aliphatic heterocycles. The van der Waals surface area contributed by atoms with E-state index in [-0.39, 0.29) is 17.6 Å². The average molecular weight is 357 g/mol. The highest BCUT2D eigenvalue weighted by Gasteiger charge is 2.30. The van der Waals surface area contributed by atoms with Crippen LogP contribution in [0.3, 0.4) is 0 Å². The van der Waals surface area contributed by atoms with E-state index >= 15 is 0 Å². The molecule has 0 radical (unpaired) electrons. The van der Waals surface area contributed by atoms with Crippen LogP contribution in [0.2, 0.25) is 0 Å². The summed E-state index contributed by atoms with van der Waals surface area (Å²) >= 11 is 0. The molecular weight excluding hydrogens is 334 g/mol. The van der Waals surface area contributed by atoms with Gasteiger partial charge in [-0.15, -0.1) is 0 Å². The van der Waals surface area contributed by atoms with Crippen LogP contribution >= 0.6 is 0 Å². The van der Waals surface area contributed by atoms with E-state index in [9.17, 15) is 9.59 Å². The van der Waals surface area contributed by atoms with Gasteiger partial charge in [-0.2, -0.15) is 0 Å². The zero-order chi connectivity index (χ0) is 18.1. The molecule has 2 aromatic rings. The molecular formula is C18H23N5O3. The van der Waals surface area contributed by atoms with Crippen LogP contribution in [0.15, 0.2) is 10.6 Å². The van der Waals surface area contributed by atoms with Crippen LogP contribution < -0.4 is 5.32 Å². The molecule has 8 nitrogen and oxygen atoms in total. The van der Waals surface area contributed by atoms with E-state index in [1.807, 2.05) is 9.47 Å². The summed E-state index contributed by atoms with van der Waals surface area (Å²) in [6.45, 7) is 4.00. The molecule has 1 saturated heterocycles. The molecule has 138 valence electrons. The van der Waals surface area contributed by atoms with Gasteiger partial charge < -0.3 is 19.3 Å². The summed E-state index contributed by atoms with van der Waals surface area (Å²) in [6.07, 6.45) is 5.98. The Morgan fingerprint density at radius 3 is 2.62 bits per heavy atom. The summed E-state index contributed by atoms with van der Waals surface area (Å²) in [5, 5.41) is 6.50. The third-order valence-corrected chi connectivity index (χ3v) is 5.04. The van der Waals surface area contributed by atoms with Gasteiger partial charge in [-0.25, -0.2) is 4.98 Å². The fourth-order valence-corrected chi connectivity index (χ4v) is 3.73. The Hall–Kier alpha value is -2.64. The maximum absolute atomic E-state index is 13.0. The minimum absolute atomic E-state index is 0.0494. The minimum Gasteiger partial charge on any atom is -0.360 e. The molecule has 4 heterocycles. The number of carbonyl (C=O) groups is 2. The topological polar surface area (TPSA) is 93.3 Å². The first-order chi connectivity index (χ1) is 12.6. The van der Waals surface area contributed by atoms with Crippen molar-refractivity contribution in [2.45, 2.75) is 52.0 Å². The monoisotopic (exact) mass is 357 g/mol. The molecule has 8 heteroatoms. The Bertz CT molecular complexity index is 832. The Morgan fingerprint density at radius 2 is 1.88 bits per heavy atom. The molecule has 1 N–H and O–H groups in total. The van der Waals surface area contributed by atoms with E-state index in [4.69, 9.17) is 4.52 Å². The predicted octanol–water partition coefficient (Wildman–Crippen LogP) is 2.39. The zero-order valence-corrected chi connectivity index (χ0v) is 15.0. The summed E-state index contributed by atoms with van der Waals surface area (Å²) in [5.41, 5.74) is 1.32. The number of rotatable bonds is 3. The van der Waals surface area contributed by atoms with E-state index in [0.29, 0.717) is 23.8 Å². The number of aryl methyl sites for hydroxylation is 1. The van der Waals surface area contributed by atoms with E-state index in [1.54, 1.807) is 13.0 Å². The van der Waals surface area contributed by atoms with Crippen molar-refractivity contribution in [1.29, 1.82) is 0 Å². The Kier molecular flexibility index (Phi) is 4.48. The maximum atomic E-state index is 13.0. The second-order valence-electron chi connectivity index (χ2n) is 6.97. The van der Waals surface area contributed by atoms with Gasteiger partial charge in [0.05, 0.1) is 5.69 Å². The molecule has 0 spiro atoms. The van der Waals surface area contributed by atoms with Gasteiger partial charge in [0.25, 0.3) is 11.8 Å². The first-order valence-electron chi connectivity index (χ1n) is 9.27. The number of piperidine rings is 1. The first-order valence-corrected chi connectivity index (χ1v) is 9.27. The van der Waals surface area contributed by atoms with Gasteiger partial charge in [0.1, 0.15) is 11.5 Å². The highest BCUT2D eigenvalue weighted by molar-refractivity contribution is 6.03. The fraction of sp³-hybridized carbons (Fsp3) is 0.556. The van der Waals surface area contributed by atoms with Crippen LogP contribution in [-0.4, -0.2) is 44.5 Å². The van der Waals surface area contributed by atoms with Crippen molar-refractivity contribution in [2.24, 2.45) is 0 Å². The fourth-order valence-electron chi connectivity index (χ4n) is 3.73. The first kappa shape index (κ1) is 16.8. The lowest BCUT2D eigenvalue weighted by Crippen LogP contribution is -2.36. The summed E-state index contributed by atoms with van der Waals surface area (Å²) in [6, 6.07) is 1.65. The van der Waals surface area contributed by atoms with Gasteiger partial charge in [0.2, 0.25) is 0 Å². The molecule has 0 atom stereocenters. The number of hydrogen-bond donors (Lipinski definition) is 1. The molecule has 0 unspecified atom stereocenters. The number of nitrogens with one attached hydrogen (secondary N) is 1. The minimum atomic E-state index is -0.362. The van der Waals surface area contributed by atoms with Crippen LogP contribution in [0.5, 0.6) is 0 Å². The van der Waals surface area contributed by atoms with E-state index in [1.165, 1.54) is 0 Å². The second kappa shape index (κ2) is 6.93. The molecule has 2 aliphatic rings. The van der Waals surface area contributed by atoms with Crippen molar-refractivity contribution in [1.82, 2.24) is 19.6 Å². The van der Waals surface area contributed by atoms with Crippen molar-refractivity contribution < 1.29 is 14.1 Å². The zero-order valence-electron chi connectivity index (χ0n) is 15.0. The number of carbonyl (C=O) groups excluding carboxylic acids is 2.